The van der Waals surface area contributed by atoms with Crippen LogP contribution in [0.4, 0.5) is 0 Å². The number of aromatic amines is 1. The first-order valence-corrected chi connectivity index (χ1v) is 9.25. The van der Waals surface area contributed by atoms with E-state index in [0.29, 0.717) is 5.92 Å². The van der Waals surface area contributed by atoms with Crippen molar-refractivity contribution in [3.05, 3.63) is 52.2 Å². The molecule has 0 radical (unpaired) electrons. The topological polar surface area (TPSA) is 57.7 Å². The highest BCUT2D eigenvalue weighted by molar-refractivity contribution is 7.10. The van der Waals surface area contributed by atoms with Crippen LogP contribution < -0.4 is 0 Å². The molecule has 1 saturated heterocycles. The lowest BCUT2D eigenvalue weighted by molar-refractivity contribution is 0.203. The van der Waals surface area contributed by atoms with Gasteiger partial charge in [0, 0.05) is 35.3 Å². The van der Waals surface area contributed by atoms with Gasteiger partial charge in [0.1, 0.15) is 5.82 Å². The largest absolute Gasteiger partial charge is 0.298 e. The van der Waals surface area contributed by atoms with Crippen molar-refractivity contribution < 1.29 is 0 Å². The van der Waals surface area contributed by atoms with Crippen molar-refractivity contribution in [2.45, 2.75) is 32.2 Å². The van der Waals surface area contributed by atoms with Gasteiger partial charge in [0.25, 0.3) is 0 Å². The van der Waals surface area contributed by atoms with Crippen LogP contribution in [0.15, 0.2) is 36.0 Å². The molecule has 0 bridgehead atoms. The normalized spacial score (nSPS) is 16.5. The smallest absolute Gasteiger partial charge is 0.181 e. The maximum Gasteiger partial charge on any atom is 0.181 e. The van der Waals surface area contributed by atoms with Crippen molar-refractivity contribution in [3.8, 4) is 11.4 Å². The number of nitrogens with one attached hydrogen (secondary N) is 1. The predicted molar refractivity (Wildman–Crippen MR) is 95.9 cm³/mol. The molecule has 5 nitrogen and oxygen atoms in total. The van der Waals surface area contributed by atoms with Gasteiger partial charge in [0.05, 0.1) is 0 Å². The van der Waals surface area contributed by atoms with Crippen LogP contribution >= 0.6 is 11.3 Å². The van der Waals surface area contributed by atoms with Crippen LogP contribution in [0.1, 0.15) is 35.0 Å². The maximum absolute atomic E-state index is 4.71. The number of piperidine rings is 1. The number of hydrogen-bond acceptors (Lipinski definition) is 5. The first-order chi connectivity index (χ1) is 11.8. The summed E-state index contributed by atoms with van der Waals surface area (Å²) in [5.74, 6) is 2.27. The molecule has 3 aromatic rings. The van der Waals surface area contributed by atoms with E-state index in [0.717, 1.165) is 49.7 Å². The second-order valence-electron chi connectivity index (χ2n) is 6.36. The van der Waals surface area contributed by atoms with Gasteiger partial charge in [0.15, 0.2) is 5.82 Å². The third kappa shape index (κ3) is 3.25. The third-order valence-electron chi connectivity index (χ3n) is 4.75. The van der Waals surface area contributed by atoms with Crippen molar-refractivity contribution in [1.82, 2.24) is 25.1 Å². The van der Waals surface area contributed by atoms with Crippen LogP contribution in [0.5, 0.6) is 0 Å². The molecule has 0 aromatic carbocycles. The summed E-state index contributed by atoms with van der Waals surface area (Å²) in [5.41, 5.74) is 2.43. The van der Waals surface area contributed by atoms with E-state index >= 15 is 0 Å². The molecule has 1 N–H and O–H groups in total. The molecule has 0 saturated carbocycles. The fraction of sp³-hybridized carbons (Fsp3) is 0.389. The minimum Gasteiger partial charge on any atom is -0.298 e. The van der Waals surface area contributed by atoms with Crippen molar-refractivity contribution >= 4 is 11.3 Å². The van der Waals surface area contributed by atoms with Gasteiger partial charge in [0.2, 0.25) is 0 Å². The van der Waals surface area contributed by atoms with Crippen molar-refractivity contribution in [3.63, 3.8) is 0 Å². The SMILES string of the molecule is Cc1ccsc1CN1CCC(c2nc(-c3ccncc3)n[nH]2)CC1. The van der Waals surface area contributed by atoms with E-state index in [1.807, 2.05) is 23.5 Å². The van der Waals surface area contributed by atoms with Crippen molar-refractivity contribution in [2.24, 2.45) is 0 Å². The summed E-state index contributed by atoms with van der Waals surface area (Å²) in [6.07, 6.45) is 5.82. The van der Waals surface area contributed by atoms with Crippen molar-refractivity contribution in [2.75, 3.05) is 13.1 Å². The zero-order valence-electron chi connectivity index (χ0n) is 13.8. The number of thiophene rings is 1. The summed E-state index contributed by atoms with van der Waals surface area (Å²) < 4.78 is 0. The van der Waals surface area contributed by atoms with Crippen LogP contribution in [-0.2, 0) is 6.54 Å². The molecule has 0 amide bonds. The van der Waals surface area contributed by atoms with Gasteiger partial charge in [-0.1, -0.05) is 0 Å². The van der Waals surface area contributed by atoms with E-state index in [1.165, 1.54) is 10.4 Å². The Labute approximate surface area is 145 Å². The highest BCUT2D eigenvalue weighted by atomic mass is 32.1. The molecule has 6 heteroatoms. The zero-order valence-corrected chi connectivity index (χ0v) is 14.6. The average molecular weight is 339 g/mol. The Kier molecular flexibility index (Phi) is 4.40. The Morgan fingerprint density at radius 1 is 1.21 bits per heavy atom. The van der Waals surface area contributed by atoms with E-state index < -0.39 is 0 Å². The van der Waals surface area contributed by atoms with E-state index in [9.17, 15) is 0 Å². The zero-order chi connectivity index (χ0) is 16.4. The van der Waals surface area contributed by atoms with E-state index in [-0.39, 0.29) is 0 Å². The summed E-state index contributed by atoms with van der Waals surface area (Å²) in [4.78, 5) is 12.8. The summed E-state index contributed by atoms with van der Waals surface area (Å²) in [6.45, 7) is 5.52. The molecule has 1 fully saturated rings. The van der Waals surface area contributed by atoms with Gasteiger partial charge in [-0.2, -0.15) is 5.10 Å². The molecule has 1 aliphatic heterocycles. The molecule has 3 aromatic heterocycles. The third-order valence-corrected chi connectivity index (χ3v) is 5.76. The summed E-state index contributed by atoms with van der Waals surface area (Å²) in [6, 6.07) is 6.10. The molecular formula is C18H21N5S. The molecule has 24 heavy (non-hydrogen) atoms. The minimum absolute atomic E-state index is 0.480. The molecule has 0 atom stereocenters. The van der Waals surface area contributed by atoms with Gasteiger partial charge in [-0.05, 0) is 62.0 Å². The Hall–Kier alpha value is -2.05. The lowest BCUT2D eigenvalue weighted by atomic mass is 9.96. The highest BCUT2D eigenvalue weighted by Crippen LogP contribution is 2.28. The molecule has 0 unspecified atom stereocenters. The average Bonchev–Trinajstić information content (AvgIpc) is 3.26. The molecule has 124 valence electrons. The second kappa shape index (κ2) is 6.83. The first-order valence-electron chi connectivity index (χ1n) is 8.37. The predicted octanol–water partition coefficient (Wildman–Crippen LogP) is 3.62. The Bertz CT molecular complexity index is 787. The summed E-state index contributed by atoms with van der Waals surface area (Å²) in [5, 5.41) is 9.71. The fourth-order valence-corrected chi connectivity index (χ4v) is 4.17. The van der Waals surface area contributed by atoms with Gasteiger partial charge >= 0.3 is 0 Å². The highest BCUT2D eigenvalue weighted by Gasteiger charge is 2.24. The Morgan fingerprint density at radius 3 is 2.71 bits per heavy atom. The number of pyridine rings is 1. The van der Waals surface area contributed by atoms with Crippen LogP contribution in [0.25, 0.3) is 11.4 Å². The summed E-state index contributed by atoms with van der Waals surface area (Å²) >= 11 is 1.87. The quantitative estimate of drug-likeness (QED) is 0.789. The van der Waals surface area contributed by atoms with Crippen molar-refractivity contribution in [1.29, 1.82) is 0 Å². The van der Waals surface area contributed by atoms with Gasteiger partial charge in [-0.25, -0.2) is 4.98 Å². The number of aryl methyl sites for hydroxylation is 1. The number of H-pyrrole nitrogens is 1. The van der Waals surface area contributed by atoms with E-state index in [2.05, 4.69) is 38.5 Å². The Balaban J connectivity index is 1.38. The molecule has 0 spiro atoms. The van der Waals surface area contributed by atoms with Crippen LogP contribution in [0.3, 0.4) is 0 Å². The van der Waals surface area contributed by atoms with Crippen LogP contribution in [-0.4, -0.2) is 38.2 Å². The molecule has 4 heterocycles. The lowest BCUT2D eigenvalue weighted by Gasteiger charge is -2.30. The standard InChI is InChI=1S/C18H21N5S/c1-13-6-11-24-16(13)12-23-9-4-15(5-10-23)18-20-17(21-22-18)14-2-7-19-8-3-14/h2-3,6-8,11,15H,4-5,9-10,12H2,1H3,(H,20,21,22). The first kappa shape index (κ1) is 15.5. The Morgan fingerprint density at radius 2 is 2.00 bits per heavy atom. The molecule has 0 aliphatic carbocycles. The van der Waals surface area contributed by atoms with Crippen LogP contribution in [0, 0.1) is 6.92 Å². The lowest BCUT2D eigenvalue weighted by Crippen LogP contribution is -2.32. The molecule has 4 rings (SSSR count). The molecule has 1 aliphatic rings. The maximum atomic E-state index is 4.71. The minimum atomic E-state index is 0.480. The van der Waals surface area contributed by atoms with Crippen LogP contribution in [0.2, 0.25) is 0 Å². The fourth-order valence-electron chi connectivity index (χ4n) is 3.22. The number of likely N-dealkylation sites (tertiary alicyclic amines) is 1. The van der Waals surface area contributed by atoms with E-state index in [4.69, 9.17) is 4.98 Å². The number of rotatable bonds is 4. The number of aromatic nitrogens is 4. The monoisotopic (exact) mass is 339 g/mol. The van der Waals surface area contributed by atoms with Gasteiger partial charge in [-0.15, -0.1) is 11.3 Å². The molecular weight excluding hydrogens is 318 g/mol. The summed E-state index contributed by atoms with van der Waals surface area (Å²) in [7, 11) is 0. The second-order valence-corrected chi connectivity index (χ2v) is 7.36. The van der Waals surface area contributed by atoms with Gasteiger partial charge in [-0.3, -0.25) is 15.0 Å². The van der Waals surface area contributed by atoms with Gasteiger partial charge < -0.3 is 0 Å². The number of nitrogens with zero attached hydrogens (tertiary/aromatic N) is 4. The van der Waals surface area contributed by atoms with E-state index in [1.54, 1.807) is 12.4 Å². The number of hydrogen-bond donors (Lipinski definition) is 1.